The second-order valence-corrected chi connectivity index (χ2v) is 4.40. The zero-order valence-corrected chi connectivity index (χ0v) is 10.5. The van der Waals surface area contributed by atoms with Crippen molar-refractivity contribution in [1.29, 1.82) is 0 Å². The van der Waals surface area contributed by atoms with Gasteiger partial charge in [0.2, 0.25) is 0 Å². The summed E-state index contributed by atoms with van der Waals surface area (Å²) in [5, 5.41) is 9.02. The predicted molar refractivity (Wildman–Crippen MR) is 66.5 cm³/mol. The molecule has 0 bridgehead atoms. The van der Waals surface area contributed by atoms with Crippen LogP contribution in [0.5, 0.6) is 0 Å². The zero-order chi connectivity index (χ0) is 13.3. The van der Waals surface area contributed by atoms with Crippen LogP contribution in [0.3, 0.4) is 0 Å². The zero-order valence-electron chi connectivity index (χ0n) is 8.95. The summed E-state index contributed by atoms with van der Waals surface area (Å²) in [7, 11) is 0. The minimum absolute atomic E-state index is 0.00128. The second kappa shape index (κ2) is 4.86. The first-order chi connectivity index (χ1) is 8.50. The van der Waals surface area contributed by atoms with Gasteiger partial charge in [-0.1, -0.05) is 18.2 Å². The Hall–Kier alpha value is -1.75. The molecule has 0 aliphatic heterocycles. The lowest BCUT2D eigenvalue weighted by Gasteiger charge is -2.07. The van der Waals surface area contributed by atoms with E-state index in [2.05, 4.69) is 15.9 Å². The molecule has 2 nitrogen and oxygen atoms in total. The van der Waals surface area contributed by atoms with Gasteiger partial charge in [-0.15, -0.1) is 0 Å². The van der Waals surface area contributed by atoms with Gasteiger partial charge in [0, 0.05) is 0 Å². The molecule has 0 radical (unpaired) electrons. The van der Waals surface area contributed by atoms with Crippen molar-refractivity contribution in [2.45, 2.75) is 0 Å². The monoisotopic (exact) mass is 312 g/mol. The molecular formula is C13H7BrF2O2. The highest BCUT2D eigenvalue weighted by Gasteiger charge is 2.14. The summed E-state index contributed by atoms with van der Waals surface area (Å²) in [4.78, 5) is 11.0. The summed E-state index contributed by atoms with van der Waals surface area (Å²) in [6, 6.07) is 8.24. The van der Waals surface area contributed by atoms with E-state index in [0.717, 1.165) is 12.1 Å². The normalized spacial score (nSPS) is 10.4. The molecule has 0 saturated heterocycles. The van der Waals surface area contributed by atoms with E-state index in [1.165, 1.54) is 12.1 Å². The van der Waals surface area contributed by atoms with Gasteiger partial charge < -0.3 is 5.11 Å². The van der Waals surface area contributed by atoms with E-state index in [1.54, 1.807) is 12.1 Å². The average Bonchev–Trinajstić information content (AvgIpc) is 2.35. The molecule has 92 valence electrons. The lowest BCUT2D eigenvalue weighted by Crippen LogP contribution is -1.99. The molecule has 0 aromatic heterocycles. The first kappa shape index (κ1) is 12.7. The highest BCUT2D eigenvalue weighted by Crippen LogP contribution is 2.29. The predicted octanol–water partition coefficient (Wildman–Crippen LogP) is 4.09. The van der Waals surface area contributed by atoms with Crippen molar-refractivity contribution in [3.8, 4) is 11.1 Å². The third-order valence-corrected chi connectivity index (χ3v) is 3.21. The maximum Gasteiger partial charge on any atom is 0.336 e. The van der Waals surface area contributed by atoms with E-state index >= 15 is 0 Å². The minimum Gasteiger partial charge on any atom is -0.478 e. The van der Waals surface area contributed by atoms with Gasteiger partial charge in [0.05, 0.1) is 10.0 Å². The standard InChI is InChI=1S/C13H7BrF2O2/c14-12-10(15)5-7(6-11(12)16)8-3-1-2-4-9(8)13(17)18/h1-6H,(H,17,18). The molecule has 0 aliphatic carbocycles. The van der Waals surface area contributed by atoms with Crippen LogP contribution in [-0.2, 0) is 0 Å². The topological polar surface area (TPSA) is 37.3 Å². The molecule has 18 heavy (non-hydrogen) atoms. The molecule has 0 aliphatic rings. The largest absolute Gasteiger partial charge is 0.478 e. The van der Waals surface area contributed by atoms with Crippen LogP contribution in [0, 0.1) is 11.6 Å². The van der Waals surface area contributed by atoms with E-state index in [1.807, 2.05) is 0 Å². The third kappa shape index (κ3) is 2.26. The van der Waals surface area contributed by atoms with Crippen LogP contribution in [-0.4, -0.2) is 11.1 Å². The Labute approximate surface area is 110 Å². The summed E-state index contributed by atoms with van der Waals surface area (Å²) in [5.74, 6) is -2.69. The fourth-order valence-electron chi connectivity index (χ4n) is 1.63. The first-order valence-electron chi connectivity index (χ1n) is 4.98. The van der Waals surface area contributed by atoms with Gasteiger partial charge in [-0.05, 0) is 45.3 Å². The maximum absolute atomic E-state index is 13.4. The van der Waals surface area contributed by atoms with E-state index in [9.17, 15) is 13.6 Å². The SMILES string of the molecule is O=C(O)c1ccccc1-c1cc(F)c(Br)c(F)c1. The first-order valence-corrected chi connectivity index (χ1v) is 5.77. The Morgan fingerprint density at radius 1 is 1.11 bits per heavy atom. The fraction of sp³-hybridized carbons (Fsp3) is 0. The molecule has 0 spiro atoms. The van der Waals surface area contributed by atoms with Gasteiger partial charge in [-0.25, -0.2) is 13.6 Å². The van der Waals surface area contributed by atoms with Crippen LogP contribution in [0.25, 0.3) is 11.1 Å². The summed E-state index contributed by atoms with van der Waals surface area (Å²) >= 11 is 2.77. The summed E-state index contributed by atoms with van der Waals surface area (Å²) in [6.07, 6.45) is 0. The number of hydrogen-bond donors (Lipinski definition) is 1. The van der Waals surface area contributed by atoms with Crippen molar-refractivity contribution in [3.63, 3.8) is 0 Å². The number of carboxylic acid groups (broad SMARTS) is 1. The number of benzene rings is 2. The Balaban J connectivity index is 2.66. The number of aromatic carboxylic acids is 1. The van der Waals surface area contributed by atoms with Gasteiger partial charge in [0.25, 0.3) is 0 Å². The van der Waals surface area contributed by atoms with Gasteiger partial charge in [-0.3, -0.25) is 0 Å². The van der Waals surface area contributed by atoms with Crippen LogP contribution in [0.4, 0.5) is 8.78 Å². The minimum atomic E-state index is -1.14. The number of hydrogen-bond acceptors (Lipinski definition) is 1. The lowest BCUT2D eigenvalue weighted by atomic mass is 9.99. The lowest BCUT2D eigenvalue weighted by molar-refractivity contribution is 0.0697. The number of carbonyl (C=O) groups is 1. The Bertz CT molecular complexity index is 603. The number of rotatable bonds is 2. The van der Waals surface area contributed by atoms with E-state index in [0.29, 0.717) is 0 Å². The molecule has 0 fully saturated rings. The Kier molecular flexibility index (Phi) is 3.43. The quantitative estimate of drug-likeness (QED) is 0.848. The Morgan fingerprint density at radius 2 is 1.67 bits per heavy atom. The van der Waals surface area contributed by atoms with Crippen molar-refractivity contribution < 1.29 is 18.7 Å². The summed E-state index contributed by atoms with van der Waals surface area (Å²) < 4.78 is 26.6. The van der Waals surface area contributed by atoms with Crippen molar-refractivity contribution in [2.75, 3.05) is 0 Å². The number of carboxylic acids is 1. The molecule has 0 saturated carbocycles. The molecule has 0 heterocycles. The molecule has 0 unspecified atom stereocenters. The van der Waals surface area contributed by atoms with Crippen molar-refractivity contribution in [1.82, 2.24) is 0 Å². The molecule has 1 N–H and O–H groups in total. The van der Waals surface area contributed by atoms with Gasteiger partial charge in [-0.2, -0.15) is 0 Å². The van der Waals surface area contributed by atoms with Crippen LogP contribution in [0.1, 0.15) is 10.4 Å². The molecular weight excluding hydrogens is 306 g/mol. The molecule has 2 aromatic carbocycles. The maximum atomic E-state index is 13.4. The van der Waals surface area contributed by atoms with Crippen molar-refractivity contribution in [3.05, 3.63) is 58.1 Å². The number of halogens is 3. The summed E-state index contributed by atoms with van der Waals surface area (Å²) in [5.41, 5.74) is 0.458. The highest BCUT2D eigenvalue weighted by molar-refractivity contribution is 9.10. The average molecular weight is 313 g/mol. The molecule has 5 heteroatoms. The van der Waals surface area contributed by atoms with Crippen LogP contribution in [0.15, 0.2) is 40.9 Å². The van der Waals surface area contributed by atoms with E-state index in [4.69, 9.17) is 5.11 Å². The highest BCUT2D eigenvalue weighted by atomic mass is 79.9. The van der Waals surface area contributed by atoms with E-state index in [-0.39, 0.29) is 21.2 Å². The van der Waals surface area contributed by atoms with E-state index < -0.39 is 17.6 Å². The van der Waals surface area contributed by atoms with Crippen LogP contribution < -0.4 is 0 Å². The van der Waals surface area contributed by atoms with Gasteiger partial charge in [0.1, 0.15) is 11.6 Å². The van der Waals surface area contributed by atoms with Crippen molar-refractivity contribution >= 4 is 21.9 Å². The Morgan fingerprint density at radius 3 is 2.22 bits per heavy atom. The molecule has 2 rings (SSSR count). The third-order valence-electron chi connectivity index (χ3n) is 2.45. The molecule has 2 aromatic rings. The van der Waals surface area contributed by atoms with Gasteiger partial charge in [0.15, 0.2) is 0 Å². The molecule has 0 atom stereocenters. The second-order valence-electron chi connectivity index (χ2n) is 3.60. The van der Waals surface area contributed by atoms with Gasteiger partial charge >= 0.3 is 5.97 Å². The van der Waals surface area contributed by atoms with Crippen LogP contribution in [0.2, 0.25) is 0 Å². The van der Waals surface area contributed by atoms with Crippen molar-refractivity contribution in [2.24, 2.45) is 0 Å². The smallest absolute Gasteiger partial charge is 0.336 e. The summed E-state index contributed by atoms with van der Waals surface area (Å²) in [6.45, 7) is 0. The molecule has 0 amide bonds. The van der Waals surface area contributed by atoms with Crippen LogP contribution >= 0.6 is 15.9 Å². The fourth-order valence-corrected chi connectivity index (χ4v) is 1.86.